The number of hydrogen-bond acceptors (Lipinski definition) is 3. The van der Waals surface area contributed by atoms with Gasteiger partial charge >= 0.3 is 0 Å². The van der Waals surface area contributed by atoms with Gasteiger partial charge < -0.3 is 9.80 Å². The van der Waals surface area contributed by atoms with Gasteiger partial charge in [0, 0.05) is 42.6 Å². The summed E-state index contributed by atoms with van der Waals surface area (Å²) in [5, 5.41) is 0. The second-order valence-corrected chi connectivity index (χ2v) is 5.49. The Hall–Kier alpha value is -0.770. The van der Waals surface area contributed by atoms with E-state index >= 15 is 0 Å². The van der Waals surface area contributed by atoms with Gasteiger partial charge in [0.2, 0.25) is 0 Å². The monoisotopic (exact) mass is 316 g/mol. The van der Waals surface area contributed by atoms with Gasteiger partial charge in [-0.25, -0.2) is 0 Å². The van der Waals surface area contributed by atoms with Gasteiger partial charge in [-0.2, -0.15) is 0 Å². The first kappa shape index (κ1) is 17.3. The van der Waals surface area contributed by atoms with E-state index in [0.717, 1.165) is 44.6 Å². The third kappa shape index (κ3) is 6.12. The zero-order valence-electron chi connectivity index (χ0n) is 11.9. The molecule has 0 aliphatic heterocycles. The average Bonchev–Trinajstić information content (AvgIpc) is 2.47. The number of alkyl halides is 2. The van der Waals surface area contributed by atoms with Crippen molar-refractivity contribution in [1.29, 1.82) is 0 Å². The summed E-state index contributed by atoms with van der Waals surface area (Å²) in [6.07, 6.45) is 1.91. The minimum absolute atomic E-state index is 0.590. The SMILES string of the molecule is CN(CCCl)CCCN(CCCl)c1ccc(C=O)cc1. The maximum Gasteiger partial charge on any atom is 0.150 e. The van der Waals surface area contributed by atoms with E-state index in [1.165, 1.54) is 0 Å². The number of hydrogen-bond donors (Lipinski definition) is 0. The lowest BCUT2D eigenvalue weighted by Crippen LogP contribution is -2.30. The van der Waals surface area contributed by atoms with E-state index in [2.05, 4.69) is 16.8 Å². The number of anilines is 1. The molecular formula is C15H22Cl2N2O. The van der Waals surface area contributed by atoms with Crippen molar-refractivity contribution in [2.24, 2.45) is 0 Å². The van der Waals surface area contributed by atoms with Crippen LogP contribution in [0.4, 0.5) is 5.69 Å². The number of carbonyl (C=O) groups is 1. The molecule has 1 rings (SSSR count). The van der Waals surface area contributed by atoms with Crippen LogP contribution in [0.1, 0.15) is 16.8 Å². The molecule has 0 aliphatic carbocycles. The molecule has 1 aromatic carbocycles. The Labute approximate surface area is 131 Å². The molecule has 0 atom stereocenters. The van der Waals surface area contributed by atoms with Gasteiger partial charge in [0.15, 0.2) is 0 Å². The third-order valence-corrected chi connectivity index (χ3v) is 3.52. The normalized spacial score (nSPS) is 10.8. The van der Waals surface area contributed by atoms with Crippen LogP contribution in [0.2, 0.25) is 0 Å². The topological polar surface area (TPSA) is 23.6 Å². The van der Waals surface area contributed by atoms with Crippen LogP contribution in [0.25, 0.3) is 0 Å². The zero-order chi connectivity index (χ0) is 14.8. The molecular weight excluding hydrogens is 295 g/mol. The lowest BCUT2D eigenvalue weighted by atomic mass is 10.2. The fraction of sp³-hybridized carbons (Fsp3) is 0.533. The Kier molecular flexibility index (Phi) is 8.67. The smallest absolute Gasteiger partial charge is 0.150 e. The van der Waals surface area contributed by atoms with Crippen LogP contribution in [0, 0.1) is 0 Å². The van der Waals surface area contributed by atoms with Gasteiger partial charge in [-0.1, -0.05) is 0 Å². The number of aldehydes is 1. The Morgan fingerprint density at radius 2 is 1.65 bits per heavy atom. The molecule has 0 aromatic heterocycles. The van der Waals surface area contributed by atoms with Gasteiger partial charge in [-0.3, -0.25) is 4.79 Å². The van der Waals surface area contributed by atoms with E-state index in [9.17, 15) is 4.79 Å². The lowest BCUT2D eigenvalue weighted by Gasteiger charge is -2.25. The first-order chi connectivity index (χ1) is 9.71. The molecule has 0 radical (unpaired) electrons. The van der Waals surface area contributed by atoms with Crippen LogP contribution in [0.3, 0.4) is 0 Å². The van der Waals surface area contributed by atoms with Crippen molar-refractivity contribution in [2.45, 2.75) is 6.42 Å². The molecule has 0 fully saturated rings. The minimum Gasteiger partial charge on any atom is -0.370 e. The summed E-state index contributed by atoms with van der Waals surface area (Å²) < 4.78 is 0. The van der Waals surface area contributed by atoms with Crippen LogP contribution in [0.15, 0.2) is 24.3 Å². The number of rotatable bonds is 10. The molecule has 0 amide bonds. The summed E-state index contributed by atoms with van der Waals surface area (Å²) in [4.78, 5) is 15.1. The first-order valence-electron chi connectivity index (χ1n) is 6.82. The average molecular weight is 317 g/mol. The van der Waals surface area contributed by atoms with E-state index in [1.807, 2.05) is 24.3 Å². The van der Waals surface area contributed by atoms with Crippen molar-refractivity contribution in [1.82, 2.24) is 4.90 Å². The second kappa shape index (κ2) is 10.0. The van der Waals surface area contributed by atoms with Gasteiger partial charge in [0.1, 0.15) is 6.29 Å². The number of benzene rings is 1. The van der Waals surface area contributed by atoms with Crippen LogP contribution < -0.4 is 4.90 Å². The molecule has 1 aromatic rings. The molecule has 0 spiro atoms. The minimum atomic E-state index is 0.590. The van der Waals surface area contributed by atoms with Crippen molar-refractivity contribution >= 4 is 35.2 Å². The molecule has 5 heteroatoms. The van der Waals surface area contributed by atoms with Gasteiger partial charge in [0.25, 0.3) is 0 Å². The van der Waals surface area contributed by atoms with E-state index in [-0.39, 0.29) is 0 Å². The van der Waals surface area contributed by atoms with Crippen LogP contribution in [-0.2, 0) is 0 Å². The summed E-state index contributed by atoms with van der Waals surface area (Å²) >= 11 is 11.6. The summed E-state index contributed by atoms with van der Waals surface area (Å²) in [7, 11) is 2.08. The summed E-state index contributed by atoms with van der Waals surface area (Å²) in [6, 6.07) is 7.61. The molecule has 0 aliphatic rings. The fourth-order valence-electron chi connectivity index (χ4n) is 2.02. The maximum absolute atomic E-state index is 10.7. The molecule has 0 N–H and O–H groups in total. The van der Waals surface area contributed by atoms with E-state index in [4.69, 9.17) is 23.2 Å². The number of carbonyl (C=O) groups excluding carboxylic acids is 1. The van der Waals surface area contributed by atoms with Crippen molar-refractivity contribution in [3.8, 4) is 0 Å². The molecule has 0 heterocycles. The Morgan fingerprint density at radius 1 is 1.00 bits per heavy atom. The fourth-order valence-corrected chi connectivity index (χ4v) is 2.52. The summed E-state index contributed by atoms with van der Waals surface area (Å²) in [5.41, 5.74) is 1.80. The van der Waals surface area contributed by atoms with Gasteiger partial charge in [-0.15, -0.1) is 23.2 Å². The van der Waals surface area contributed by atoms with Gasteiger partial charge in [0.05, 0.1) is 0 Å². The Morgan fingerprint density at radius 3 is 2.20 bits per heavy atom. The third-order valence-electron chi connectivity index (χ3n) is 3.18. The molecule has 0 saturated carbocycles. The van der Waals surface area contributed by atoms with Crippen LogP contribution in [-0.4, -0.2) is 56.2 Å². The highest BCUT2D eigenvalue weighted by atomic mass is 35.5. The molecule has 0 unspecified atom stereocenters. The summed E-state index contributed by atoms with van der Waals surface area (Å²) in [5.74, 6) is 1.25. The van der Waals surface area contributed by atoms with Crippen molar-refractivity contribution in [2.75, 3.05) is 49.9 Å². The number of halogens is 2. The van der Waals surface area contributed by atoms with Crippen molar-refractivity contribution < 1.29 is 4.79 Å². The zero-order valence-corrected chi connectivity index (χ0v) is 13.4. The first-order valence-corrected chi connectivity index (χ1v) is 7.89. The molecule has 3 nitrogen and oxygen atoms in total. The molecule has 112 valence electrons. The van der Waals surface area contributed by atoms with Crippen LogP contribution in [0.5, 0.6) is 0 Å². The van der Waals surface area contributed by atoms with E-state index < -0.39 is 0 Å². The lowest BCUT2D eigenvalue weighted by molar-refractivity contribution is 0.112. The van der Waals surface area contributed by atoms with E-state index in [0.29, 0.717) is 17.3 Å². The molecule has 20 heavy (non-hydrogen) atoms. The highest BCUT2D eigenvalue weighted by Gasteiger charge is 2.06. The largest absolute Gasteiger partial charge is 0.370 e. The van der Waals surface area contributed by atoms with Gasteiger partial charge in [-0.05, 0) is 44.3 Å². The number of nitrogens with zero attached hydrogens (tertiary/aromatic N) is 2. The van der Waals surface area contributed by atoms with Crippen molar-refractivity contribution in [3.63, 3.8) is 0 Å². The summed E-state index contributed by atoms with van der Waals surface area (Å²) in [6.45, 7) is 3.67. The molecule has 0 saturated heterocycles. The predicted molar refractivity (Wildman–Crippen MR) is 87.6 cm³/mol. The second-order valence-electron chi connectivity index (χ2n) is 4.73. The maximum atomic E-state index is 10.7. The van der Waals surface area contributed by atoms with Crippen molar-refractivity contribution in [3.05, 3.63) is 29.8 Å². The standard InChI is InChI=1S/C15H22Cl2N2O/c1-18(11-7-16)9-2-10-19(12-8-17)15-5-3-14(13-20)4-6-15/h3-6,13H,2,7-12H2,1H3. The van der Waals surface area contributed by atoms with E-state index in [1.54, 1.807) is 0 Å². The quantitative estimate of drug-likeness (QED) is 0.489. The Bertz CT molecular complexity index is 384. The van der Waals surface area contributed by atoms with Crippen LogP contribution >= 0.6 is 23.2 Å². The Balaban J connectivity index is 2.52. The highest BCUT2D eigenvalue weighted by molar-refractivity contribution is 6.18. The predicted octanol–water partition coefficient (Wildman–Crippen LogP) is 3.11. The molecule has 0 bridgehead atoms. The highest BCUT2D eigenvalue weighted by Crippen LogP contribution is 2.15.